The van der Waals surface area contributed by atoms with Crippen LogP contribution in [0, 0.1) is 0 Å². The van der Waals surface area contributed by atoms with Crippen LogP contribution in [0.4, 0.5) is 0 Å². The van der Waals surface area contributed by atoms with Gasteiger partial charge in [0.15, 0.2) is 0 Å². The van der Waals surface area contributed by atoms with Gasteiger partial charge in [0.25, 0.3) is 10.1 Å². The average Bonchev–Trinajstić information content (AvgIpc) is 2.76. The summed E-state index contributed by atoms with van der Waals surface area (Å²) in [5.41, 5.74) is 2.81. The van der Waals surface area contributed by atoms with Crippen LogP contribution >= 0.6 is 0 Å². The Balaban J connectivity index is 2.26. The Bertz CT molecular complexity index is 880. The fourth-order valence-electron chi connectivity index (χ4n) is 2.36. The van der Waals surface area contributed by atoms with E-state index >= 15 is 0 Å². The van der Waals surface area contributed by atoms with Crippen molar-refractivity contribution < 1.29 is 13.0 Å². The first kappa shape index (κ1) is 12.9. The van der Waals surface area contributed by atoms with Gasteiger partial charge >= 0.3 is 0 Å². The number of fused-ring (bicyclic) bond motifs is 1. The Morgan fingerprint density at radius 3 is 2.35 bits per heavy atom. The number of hydrogen-bond donors (Lipinski definition) is 1. The summed E-state index contributed by atoms with van der Waals surface area (Å²) in [6.07, 6.45) is 0. The molecule has 2 aromatic carbocycles. The predicted octanol–water partition coefficient (Wildman–Crippen LogP) is 3.09. The fourth-order valence-corrected chi connectivity index (χ4v) is 2.86. The highest BCUT2D eigenvalue weighted by Gasteiger charge is 2.13. The van der Waals surface area contributed by atoms with Crippen LogP contribution in [-0.4, -0.2) is 17.5 Å². The van der Waals surface area contributed by atoms with Gasteiger partial charge in [-0.05, 0) is 23.8 Å². The molecular weight excluding hydrogens is 274 g/mol. The summed E-state index contributed by atoms with van der Waals surface area (Å²) >= 11 is 0. The molecule has 5 heteroatoms. The van der Waals surface area contributed by atoms with Crippen LogP contribution in [0.25, 0.3) is 22.2 Å². The first-order valence-corrected chi connectivity index (χ1v) is 7.53. The van der Waals surface area contributed by atoms with Crippen LogP contribution in [0.1, 0.15) is 0 Å². The van der Waals surface area contributed by atoms with Gasteiger partial charge in [0.05, 0.1) is 4.90 Å². The second-order valence-electron chi connectivity index (χ2n) is 4.65. The van der Waals surface area contributed by atoms with Crippen molar-refractivity contribution in [2.45, 2.75) is 4.90 Å². The molecule has 0 bridgehead atoms. The highest BCUT2D eigenvalue weighted by molar-refractivity contribution is 7.85. The monoisotopic (exact) mass is 287 g/mol. The van der Waals surface area contributed by atoms with E-state index in [1.54, 1.807) is 6.07 Å². The first-order chi connectivity index (χ1) is 9.47. The van der Waals surface area contributed by atoms with E-state index in [1.165, 1.54) is 12.1 Å². The van der Waals surface area contributed by atoms with E-state index in [9.17, 15) is 8.42 Å². The Morgan fingerprint density at radius 2 is 1.70 bits per heavy atom. The van der Waals surface area contributed by atoms with Crippen molar-refractivity contribution in [3.63, 3.8) is 0 Å². The van der Waals surface area contributed by atoms with Crippen LogP contribution in [0.5, 0.6) is 0 Å². The van der Waals surface area contributed by atoms with Gasteiger partial charge in [-0.15, -0.1) is 0 Å². The van der Waals surface area contributed by atoms with E-state index in [0.29, 0.717) is 0 Å². The summed E-state index contributed by atoms with van der Waals surface area (Å²) in [5.74, 6) is 0. The molecule has 3 rings (SSSR count). The van der Waals surface area contributed by atoms with Crippen molar-refractivity contribution in [1.29, 1.82) is 0 Å². The normalized spacial score (nSPS) is 11.9. The van der Waals surface area contributed by atoms with Crippen LogP contribution in [-0.2, 0) is 17.2 Å². The fraction of sp³-hybridized carbons (Fsp3) is 0.0667. The number of nitrogens with zero attached hydrogens (tertiary/aromatic N) is 1. The summed E-state index contributed by atoms with van der Waals surface area (Å²) < 4.78 is 33.5. The minimum atomic E-state index is -4.18. The molecule has 1 heterocycles. The van der Waals surface area contributed by atoms with Gasteiger partial charge in [0, 0.05) is 23.6 Å². The lowest BCUT2D eigenvalue weighted by atomic mass is 10.1. The quantitative estimate of drug-likeness (QED) is 0.737. The first-order valence-electron chi connectivity index (χ1n) is 6.09. The largest absolute Gasteiger partial charge is 0.344 e. The number of hydrogen-bond acceptors (Lipinski definition) is 2. The molecule has 0 aliphatic rings. The maximum atomic E-state index is 11.2. The molecule has 1 N–H and O–H groups in total. The van der Waals surface area contributed by atoms with Gasteiger partial charge in [-0.25, -0.2) is 0 Å². The molecule has 0 aliphatic carbocycles. The highest BCUT2D eigenvalue weighted by Crippen LogP contribution is 2.28. The number of benzene rings is 2. The molecule has 0 spiro atoms. The molecule has 1 aromatic heterocycles. The maximum absolute atomic E-state index is 11.2. The Morgan fingerprint density at radius 1 is 1.00 bits per heavy atom. The van der Waals surface area contributed by atoms with Crippen LogP contribution in [0.3, 0.4) is 0 Å². The summed E-state index contributed by atoms with van der Waals surface area (Å²) in [4.78, 5) is -0.0918. The zero-order valence-corrected chi connectivity index (χ0v) is 11.6. The number of aryl methyl sites for hydroxylation is 1. The second kappa shape index (κ2) is 4.47. The van der Waals surface area contributed by atoms with E-state index < -0.39 is 10.1 Å². The minimum absolute atomic E-state index is 0.0918. The second-order valence-corrected chi connectivity index (χ2v) is 6.07. The Labute approximate surface area is 117 Å². The topological polar surface area (TPSA) is 59.3 Å². The van der Waals surface area contributed by atoms with Crippen molar-refractivity contribution in [2.24, 2.45) is 7.05 Å². The third-order valence-electron chi connectivity index (χ3n) is 3.38. The lowest BCUT2D eigenvalue weighted by Gasteiger charge is -2.04. The van der Waals surface area contributed by atoms with Gasteiger partial charge in [-0.3, -0.25) is 4.55 Å². The third-order valence-corrected chi connectivity index (χ3v) is 4.23. The van der Waals surface area contributed by atoms with Crippen LogP contribution < -0.4 is 0 Å². The molecule has 0 radical (unpaired) electrons. The van der Waals surface area contributed by atoms with E-state index in [1.807, 2.05) is 48.0 Å². The molecule has 0 atom stereocenters. The Hall–Kier alpha value is -2.11. The third kappa shape index (κ3) is 2.11. The minimum Gasteiger partial charge on any atom is -0.344 e. The molecule has 20 heavy (non-hydrogen) atoms. The highest BCUT2D eigenvalue weighted by atomic mass is 32.2. The zero-order chi connectivity index (χ0) is 14.3. The van der Waals surface area contributed by atoms with Crippen molar-refractivity contribution in [2.75, 3.05) is 0 Å². The molecule has 0 saturated carbocycles. The smallest absolute Gasteiger partial charge is 0.294 e. The molecule has 0 saturated heterocycles. The van der Waals surface area contributed by atoms with Crippen molar-refractivity contribution in [1.82, 2.24) is 4.57 Å². The molecule has 3 aromatic rings. The van der Waals surface area contributed by atoms with Crippen molar-refractivity contribution in [3.8, 4) is 11.3 Å². The SMILES string of the molecule is Cn1c(-c2ccccc2)cc2ccc(S(=O)(=O)O)cc21. The lowest BCUT2D eigenvalue weighted by Crippen LogP contribution is -1.98. The standard InChI is InChI=1S/C15H13NO3S/c1-16-14(11-5-3-2-4-6-11)9-12-7-8-13(10-15(12)16)20(17,18)19/h2-10H,1H3,(H,17,18,19). The predicted molar refractivity (Wildman–Crippen MR) is 78.2 cm³/mol. The van der Waals surface area contributed by atoms with Crippen LogP contribution in [0.15, 0.2) is 59.5 Å². The molecule has 0 aliphatic heterocycles. The number of rotatable bonds is 2. The van der Waals surface area contributed by atoms with E-state index in [2.05, 4.69) is 0 Å². The average molecular weight is 287 g/mol. The van der Waals surface area contributed by atoms with Gasteiger partial charge in [0.1, 0.15) is 0 Å². The molecule has 0 amide bonds. The molecule has 4 nitrogen and oxygen atoms in total. The summed E-state index contributed by atoms with van der Waals surface area (Å²) in [6.45, 7) is 0. The van der Waals surface area contributed by atoms with Gasteiger partial charge < -0.3 is 4.57 Å². The van der Waals surface area contributed by atoms with E-state index in [-0.39, 0.29) is 4.90 Å². The number of aromatic nitrogens is 1. The van der Waals surface area contributed by atoms with Gasteiger partial charge in [-0.1, -0.05) is 36.4 Å². The molecule has 0 unspecified atom stereocenters. The molecular formula is C15H13NO3S. The maximum Gasteiger partial charge on any atom is 0.294 e. The zero-order valence-electron chi connectivity index (χ0n) is 10.8. The Kier molecular flexibility index (Phi) is 2.88. The summed E-state index contributed by atoms with van der Waals surface area (Å²) in [6, 6.07) is 16.4. The van der Waals surface area contributed by atoms with Crippen LogP contribution in [0.2, 0.25) is 0 Å². The molecule has 0 fully saturated rings. The van der Waals surface area contributed by atoms with Gasteiger partial charge in [-0.2, -0.15) is 8.42 Å². The lowest BCUT2D eigenvalue weighted by molar-refractivity contribution is 0.483. The molecule has 102 valence electrons. The van der Waals surface area contributed by atoms with Crippen molar-refractivity contribution >= 4 is 21.0 Å². The van der Waals surface area contributed by atoms with E-state index in [0.717, 1.165) is 22.2 Å². The van der Waals surface area contributed by atoms with Crippen molar-refractivity contribution in [3.05, 3.63) is 54.6 Å². The van der Waals surface area contributed by atoms with Gasteiger partial charge in [0.2, 0.25) is 0 Å². The van der Waals surface area contributed by atoms with E-state index in [4.69, 9.17) is 4.55 Å². The summed E-state index contributed by atoms with van der Waals surface area (Å²) in [7, 11) is -2.31. The summed E-state index contributed by atoms with van der Waals surface area (Å²) in [5, 5.41) is 0.929.